The third-order valence-corrected chi connectivity index (χ3v) is 7.93. The van der Waals surface area contributed by atoms with Crippen LogP contribution < -0.4 is 31.9 Å². The monoisotopic (exact) mass is 602 g/mol. The summed E-state index contributed by atoms with van der Waals surface area (Å²) in [5.41, 5.74) is -2.70. The second kappa shape index (κ2) is 11.6. The summed E-state index contributed by atoms with van der Waals surface area (Å²) >= 11 is 0. The number of urea groups is 2. The number of hydrogen-bond donors (Lipinski definition) is 6. The summed E-state index contributed by atoms with van der Waals surface area (Å²) in [6, 6.07) is 3.92. The summed E-state index contributed by atoms with van der Waals surface area (Å²) in [6.45, 7) is 17.6. The minimum atomic E-state index is -1.25. The molecule has 0 aliphatic carbocycles. The van der Waals surface area contributed by atoms with Crippen LogP contribution in [-0.2, 0) is 19.1 Å². The number of benzene rings is 1. The number of ether oxygens (including phenoxy) is 2. The van der Waals surface area contributed by atoms with Crippen molar-refractivity contribution in [1.29, 1.82) is 0 Å². The Morgan fingerprint density at radius 2 is 1.02 bits per heavy atom. The van der Waals surface area contributed by atoms with Gasteiger partial charge in [-0.2, -0.15) is 0 Å². The molecule has 1 aromatic carbocycles. The largest absolute Gasteiger partial charge is 0.467 e. The van der Waals surface area contributed by atoms with Crippen molar-refractivity contribution in [2.75, 3.05) is 24.9 Å². The maximum absolute atomic E-state index is 13.3. The van der Waals surface area contributed by atoms with Crippen LogP contribution in [0.3, 0.4) is 0 Å². The highest BCUT2D eigenvalue weighted by molar-refractivity contribution is 5.97. The second-order valence-electron chi connectivity index (χ2n) is 14.8. The van der Waals surface area contributed by atoms with Gasteiger partial charge in [0.05, 0.1) is 14.2 Å². The van der Waals surface area contributed by atoms with Crippen molar-refractivity contribution >= 4 is 35.4 Å². The van der Waals surface area contributed by atoms with Gasteiger partial charge in [0.1, 0.15) is 11.1 Å². The average molecular weight is 603 g/mol. The van der Waals surface area contributed by atoms with E-state index in [-0.39, 0.29) is 0 Å². The summed E-state index contributed by atoms with van der Waals surface area (Å²) in [6.07, 6.45) is 1.32. The van der Waals surface area contributed by atoms with Crippen LogP contribution in [0, 0.1) is 6.92 Å². The molecular weight excluding hydrogens is 552 g/mol. The molecule has 4 amide bonds. The molecule has 2 aliphatic rings. The molecule has 1 aromatic rings. The van der Waals surface area contributed by atoms with E-state index < -0.39 is 57.2 Å². The van der Waals surface area contributed by atoms with E-state index in [0.717, 1.165) is 5.56 Å². The Morgan fingerprint density at radius 3 is 1.40 bits per heavy atom. The summed E-state index contributed by atoms with van der Waals surface area (Å²) < 4.78 is 10.3. The van der Waals surface area contributed by atoms with Crippen LogP contribution in [0.25, 0.3) is 0 Å². The molecule has 0 aromatic heterocycles. The van der Waals surface area contributed by atoms with E-state index in [4.69, 9.17) is 9.47 Å². The maximum Gasteiger partial charge on any atom is 0.331 e. The first-order chi connectivity index (χ1) is 19.6. The zero-order chi connectivity index (χ0) is 32.6. The Labute approximate surface area is 255 Å². The van der Waals surface area contributed by atoms with E-state index in [2.05, 4.69) is 31.9 Å². The van der Waals surface area contributed by atoms with Gasteiger partial charge in [-0.25, -0.2) is 19.2 Å². The zero-order valence-corrected chi connectivity index (χ0v) is 27.5. The molecule has 12 nitrogen and oxygen atoms in total. The predicted molar refractivity (Wildman–Crippen MR) is 166 cm³/mol. The van der Waals surface area contributed by atoms with Gasteiger partial charge in [0.2, 0.25) is 0 Å². The number of nitrogens with one attached hydrogen (secondary N) is 6. The first-order valence-electron chi connectivity index (χ1n) is 14.6. The summed E-state index contributed by atoms with van der Waals surface area (Å²) in [5, 5.41) is 18.5. The molecule has 2 aliphatic heterocycles. The molecule has 3 rings (SSSR count). The molecule has 0 saturated carbocycles. The molecular formula is C31H50N6O6. The van der Waals surface area contributed by atoms with Gasteiger partial charge >= 0.3 is 24.0 Å². The Morgan fingerprint density at radius 1 is 0.651 bits per heavy atom. The predicted octanol–water partition coefficient (Wildman–Crippen LogP) is 3.94. The van der Waals surface area contributed by atoms with Gasteiger partial charge in [0.15, 0.2) is 0 Å². The molecule has 12 heteroatoms. The number of carbonyl (C=O) groups is 4. The molecule has 43 heavy (non-hydrogen) atoms. The number of rotatable bonds is 6. The number of aryl methyl sites for hydroxylation is 1. The van der Waals surface area contributed by atoms with Gasteiger partial charge in [0, 0.05) is 33.5 Å². The third-order valence-electron chi connectivity index (χ3n) is 7.93. The lowest BCUT2D eigenvalue weighted by Gasteiger charge is -2.51. The van der Waals surface area contributed by atoms with Gasteiger partial charge < -0.3 is 41.4 Å². The second-order valence-corrected chi connectivity index (χ2v) is 14.8. The van der Waals surface area contributed by atoms with Crippen molar-refractivity contribution < 1.29 is 28.7 Å². The van der Waals surface area contributed by atoms with Crippen molar-refractivity contribution in [3.05, 3.63) is 23.8 Å². The SMILES string of the molecule is COC(=O)C1(NC(=O)Nc2ccc(C)c(NC(=O)NC3(C(=O)OC)CC(C)(C)NC(C)(C)C3)c2)CC(C)(C)NC(C)(C)C1. The first-order valence-corrected chi connectivity index (χ1v) is 14.6. The fourth-order valence-corrected chi connectivity index (χ4v) is 7.69. The van der Waals surface area contributed by atoms with E-state index in [1.54, 1.807) is 18.2 Å². The van der Waals surface area contributed by atoms with Crippen molar-refractivity contribution in [2.24, 2.45) is 0 Å². The summed E-state index contributed by atoms with van der Waals surface area (Å²) in [4.78, 5) is 52.7. The van der Waals surface area contributed by atoms with Crippen LogP contribution in [0.2, 0.25) is 0 Å². The van der Waals surface area contributed by atoms with Gasteiger partial charge in [-0.05, 0) is 106 Å². The van der Waals surface area contributed by atoms with Crippen molar-refractivity contribution in [1.82, 2.24) is 21.3 Å². The maximum atomic E-state index is 13.3. The standard InChI is InChI=1S/C31H50N6O6/c1-19-12-13-20(32-24(40)34-30(22(38)42-10)15-26(2,3)36-27(4,5)16-30)14-21(19)33-25(41)35-31(23(39)43-11)17-28(6,7)37-29(8,9)18-31/h12-14,36-37H,15-18H2,1-11H3,(H2,32,34,40)(H2,33,35,41). The van der Waals surface area contributed by atoms with Crippen LogP contribution >= 0.6 is 0 Å². The molecule has 0 bridgehead atoms. The normalized spacial score (nSPS) is 22.3. The number of amides is 4. The minimum Gasteiger partial charge on any atom is -0.467 e. The number of esters is 2. The molecule has 0 spiro atoms. The topological polar surface area (TPSA) is 159 Å². The van der Waals surface area contributed by atoms with Gasteiger partial charge in [-0.3, -0.25) is 0 Å². The van der Waals surface area contributed by atoms with Gasteiger partial charge in [-0.15, -0.1) is 0 Å². The van der Waals surface area contributed by atoms with E-state index in [1.807, 2.05) is 62.3 Å². The summed E-state index contributed by atoms with van der Waals surface area (Å²) in [7, 11) is 2.62. The lowest BCUT2D eigenvalue weighted by molar-refractivity contribution is -0.152. The first kappa shape index (κ1) is 34.1. The van der Waals surface area contributed by atoms with E-state index in [0.29, 0.717) is 37.1 Å². The van der Waals surface area contributed by atoms with Crippen molar-refractivity contribution in [3.63, 3.8) is 0 Å². The average Bonchev–Trinajstić information content (AvgIpc) is 2.80. The highest BCUT2D eigenvalue weighted by Crippen LogP contribution is 2.38. The third kappa shape index (κ3) is 8.17. The molecule has 240 valence electrons. The van der Waals surface area contributed by atoms with E-state index in [1.165, 1.54) is 14.2 Å². The fourth-order valence-electron chi connectivity index (χ4n) is 7.69. The minimum absolute atomic E-state index is 0.329. The number of piperidine rings is 2. The quantitative estimate of drug-likeness (QED) is 0.267. The number of methoxy groups -OCH3 is 2. The van der Waals surface area contributed by atoms with Crippen LogP contribution in [0.5, 0.6) is 0 Å². The van der Waals surface area contributed by atoms with Crippen molar-refractivity contribution in [2.45, 2.75) is 121 Å². The Balaban J connectivity index is 1.80. The zero-order valence-electron chi connectivity index (χ0n) is 27.5. The molecule has 0 atom stereocenters. The fraction of sp³-hybridized carbons (Fsp3) is 0.677. The Hall–Kier alpha value is -3.38. The molecule has 2 heterocycles. The van der Waals surface area contributed by atoms with Crippen molar-refractivity contribution in [3.8, 4) is 0 Å². The lowest BCUT2D eigenvalue weighted by Crippen LogP contribution is -2.71. The Bertz CT molecular complexity index is 1240. The number of carbonyl (C=O) groups excluding carboxylic acids is 4. The number of hydrogen-bond acceptors (Lipinski definition) is 8. The molecule has 0 unspecified atom stereocenters. The summed E-state index contributed by atoms with van der Waals surface area (Å²) in [5.74, 6) is -1.03. The molecule has 2 fully saturated rings. The van der Waals surface area contributed by atoms with Gasteiger partial charge in [-0.1, -0.05) is 6.07 Å². The van der Waals surface area contributed by atoms with E-state index in [9.17, 15) is 19.2 Å². The highest BCUT2D eigenvalue weighted by Gasteiger charge is 2.54. The molecule has 2 saturated heterocycles. The van der Waals surface area contributed by atoms with Crippen LogP contribution in [0.1, 0.15) is 86.6 Å². The molecule has 6 N–H and O–H groups in total. The highest BCUT2D eigenvalue weighted by atomic mass is 16.5. The van der Waals surface area contributed by atoms with E-state index >= 15 is 0 Å². The Kier molecular flexibility index (Phi) is 9.21. The van der Waals surface area contributed by atoms with Gasteiger partial charge in [0.25, 0.3) is 0 Å². The van der Waals surface area contributed by atoms with Crippen LogP contribution in [0.4, 0.5) is 21.0 Å². The smallest absolute Gasteiger partial charge is 0.331 e. The van der Waals surface area contributed by atoms with Crippen LogP contribution in [0.15, 0.2) is 18.2 Å². The van der Waals surface area contributed by atoms with Crippen LogP contribution in [-0.4, -0.2) is 71.5 Å². The number of anilines is 2. The lowest BCUT2D eigenvalue weighted by atomic mass is 9.70. The molecule has 0 radical (unpaired) electrons.